The van der Waals surface area contributed by atoms with E-state index in [1.807, 2.05) is 0 Å². The predicted molar refractivity (Wildman–Crippen MR) is 134 cm³/mol. The van der Waals surface area contributed by atoms with Crippen LogP contribution in [0.5, 0.6) is 5.75 Å². The quantitative estimate of drug-likeness (QED) is 0.369. The molecule has 0 spiro atoms. The summed E-state index contributed by atoms with van der Waals surface area (Å²) < 4.78 is 19.4. The molecule has 0 fully saturated rings. The van der Waals surface area contributed by atoms with Gasteiger partial charge in [0.25, 0.3) is 0 Å². The number of ether oxygens (including phenoxy) is 1. The van der Waals surface area contributed by atoms with Crippen LogP contribution in [0.2, 0.25) is 0 Å². The lowest BCUT2D eigenvalue weighted by Gasteiger charge is -2.26. The van der Waals surface area contributed by atoms with Crippen molar-refractivity contribution >= 4 is 22.7 Å². The predicted octanol–water partition coefficient (Wildman–Crippen LogP) is 3.84. The zero-order valence-corrected chi connectivity index (χ0v) is 20.4. The van der Waals surface area contributed by atoms with E-state index in [0.29, 0.717) is 33.6 Å². The van der Waals surface area contributed by atoms with Crippen LogP contribution in [0.3, 0.4) is 0 Å². The van der Waals surface area contributed by atoms with E-state index in [2.05, 4.69) is 15.0 Å². The van der Waals surface area contributed by atoms with E-state index in [0.717, 1.165) is 0 Å². The first kappa shape index (κ1) is 24.5. The van der Waals surface area contributed by atoms with Gasteiger partial charge in [-0.3, -0.25) is 14.6 Å². The molecule has 4 aromatic rings. The number of carbonyl (C=O) groups is 2. The number of hydrogen-bond acceptors (Lipinski definition) is 7. The van der Waals surface area contributed by atoms with Crippen LogP contribution in [0.25, 0.3) is 22.3 Å². The molecule has 5 rings (SSSR count). The molecule has 1 amide bonds. The molecule has 1 aliphatic heterocycles. The van der Waals surface area contributed by atoms with Gasteiger partial charge in [0.1, 0.15) is 40.6 Å². The van der Waals surface area contributed by atoms with Gasteiger partial charge < -0.3 is 15.6 Å². The topological polar surface area (TPSA) is 128 Å². The van der Waals surface area contributed by atoms with Crippen molar-refractivity contribution in [3.8, 4) is 17.0 Å². The lowest BCUT2D eigenvalue weighted by molar-refractivity contribution is -0.123. The third-order valence-electron chi connectivity index (χ3n) is 6.87. The molecule has 1 aliphatic rings. The van der Waals surface area contributed by atoms with Crippen LogP contribution < -0.4 is 10.5 Å². The van der Waals surface area contributed by atoms with Crippen LogP contribution >= 0.6 is 0 Å². The molecule has 2 atom stereocenters. The van der Waals surface area contributed by atoms with Crippen molar-refractivity contribution in [3.05, 3.63) is 83.6 Å². The second-order valence-electron chi connectivity index (χ2n) is 9.66. The highest BCUT2D eigenvalue weighted by atomic mass is 19.1. The Hall–Kier alpha value is -4.24. The Kier molecular flexibility index (Phi) is 5.95. The highest BCUT2D eigenvalue weighted by Crippen LogP contribution is 2.45. The molecule has 9 heteroatoms. The molecule has 0 saturated heterocycles. The van der Waals surface area contributed by atoms with Gasteiger partial charge in [-0.15, -0.1) is 0 Å². The third kappa shape index (κ3) is 4.42. The monoisotopic (exact) mass is 500 g/mol. The smallest absolute Gasteiger partial charge is 0.231 e. The summed E-state index contributed by atoms with van der Waals surface area (Å²) in [5.41, 5.74) is 6.22. The Labute approximate surface area is 212 Å². The summed E-state index contributed by atoms with van der Waals surface area (Å²) in [7, 11) is 0. The fourth-order valence-electron chi connectivity index (χ4n) is 4.39. The maximum atomic E-state index is 13.6. The average molecular weight is 501 g/mol. The van der Waals surface area contributed by atoms with Crippen molar-refractivity contribution < 1.29 is 23.8 Å². The Morgan fingerprint density at radius 2 is 1.89 bits per heavy atom. The summed E-state index contributed by atoms with van der Waals surface area (Å²) in [6, 6.07) is 14.1. The van der Waals surface area contributed by atoms with E-state index in [1.165, 1.54) is 12.1 Å². The van der Waals surface area contributed by atoms with Gasteiger partial charge in [0.05, 0.1) is 16.7 Å². The van der Waals surface area contributed by atoms with Crippen molar-refractivity contribution in [1.82, 2.24) is 15.0 Å². The first-order valence-electron chi connectivity index (χ1n) is 11.8. The number of ketones is 1. The van der Waals surface area contributed by atoms with Crippen molar-refractivity contribution in [2.24, 2.45) is 5.73 Å². The number of amides is 1. The summed E-state index contributed by atoms with van der Waals surface area (Å²) in [4.78, 5) is 38.5. The molecule has 0 unspecified atom stereocenters. The van der Waals surface area contributed by atoms with Crippen molar-refractivity contribution in [3.63, 3.8) is 0 Å². The van der Waals surface area contributed by atoms with Crippen LogP contribution in [0.1, 0.15) is 48.4 Å². The summed E-state index contributed by atoms with van der Waals surface area (Å²) in [6.07, 6.45) is 1.70. The maximum Gasteiger partial charge on any atom is 0.231 e. The number of primary amides is 1. The Balaban J connectivity index is 1.49. The molecule has 0 radical (unpaired) electrons. The second-order valence-corrected chi connectivity index (χ2v) is 9.66. The van der Waals surface area contributed by atoms with E-state index >= 15 is 0 Å². The Morgan fingerprint density at radius 1 is 1.14 bits per heavy atom. The van der Waals surface area contributed by atoms with Crippen LogP contribution in [-0.2, 0) is 15.8 Å². The summed E-state index contributed by atoms with van der Waals surface area (Å²) in [6.45, 7) is 3.23. The lowest BCUT2D eigenvalue weighted by Crippen LogP contribution is -2.40. The Bertz CT molecular complexity index is 1540. The fraction of sp³-hybridized carbons (Fsp3) is 0.250. The van der Waals surface area contributed by atoms with Gasteiger partial charge in [0.2, 0.25) is 5.91 Å². The van der Waals surface area contributed by atoms with Crippen LogP contribution in [-0.4, -0.2) is 38.4 Å². The standard InChI is InChI=1S/C28H25FN4O4/c1-27(26(30)35)15-37-25-18(27)14-23(33-24(25)16-5-7-17(29)8-6-16)28(2,36)12-11-22(34)21-10-9-19-20(32-21)4-3-13-31-19/h3-10,13-14,36H,11-12,15H2,1-2H3,(H2,30,35)/t27-,28-/m0/s1. The molecule has 3 N–H and O–H groups in total. The molecule has 0 bridgehead atoms. The van der Waals surface area contributed by atoms with Crippen LogP contribution in [0.15, 0.2) is 60.8 Å². The Morgan fingerprint density at radius 3 is 2.62 bits per heavy atom. The van der Waals surface area contributed by atoms with Gasteiger partial charge in [-0.05, 0) is 74.9 Å². The van der Waals surface area contributed by atoms with E-state index in [-0.39, 0.29) is 36.6 Å². The highest BCUT2D eigenvalue weighted by molar-refractivity contribution is 5.96. The average Bonchev–Trinajstić information content (AvgIpc) is 3.25. The number of aliphatic hydroxyl groups is 1. The van der Waals surface area contributed by atoms with Gasteiger partial charge in [-0.1, -0.05) is 0 Å². The second kappa shape index (κ2) is 9.01. The van der Waals surface area contributed by atoms with Crippen LogP contribution in [0, 0.1) is 5.82 Å². The molecule has 3 aromatic heterocycles. The number of aromatic nitrogens is 3. The molecule has 188 valence electrons. The van der Waals surface area contributed by atoms with Crippen molar-refractivity contribution in [2.75, 3.05) is 6.61 Å². The summed E-state index contributed by atoms with van der Waals surface area (Å²) >= 11 is 0. The van der Waals surface area contributed by atoms with Gasteiger partial charge in [-0.2, -0.15) is 0 Å². The minimum absolute atomic E-state index is 0.00000241. The van der Waals surface area contributed by atoms with E-state index in [1.54, 1.807) is 62.5 Å². The van der Waals surface area contributed by atoms with Gasteiger partial charge >= 0.3 is 0 Å². The van der Waals surface area contributed by atoms with E-state index in [4.69, 9.17) is 10.5 Å². The van der Waals surface area contributed by atoms with Gasteiger partial charge in [-0.25, -0.2) is 14.4 Å². The fourth-order valence-corrected chi connectivity index (χ4v) is 4.39. The lowest BCUT2D eigenvalue weighted by atomic mass is 9.81. The maximum absolute atomic E-state index is 13.6. The highest BCUT2D eigenvalue weighted by Gasteiger charge is 2.45. The number of nitrogens with two attached hydrogens (primary N) is 1. The van der Waals surface area contributed by atoms with Gasteiger partial charge in [0, 0.05) is 23.7 Å². The number of benzene rings is 1. The molecule has 8 nitrogen and oxygen atoms in total. The van der Waals surface area contributed by atoms with Crippen molar-refractivity contribution in [2.45, 2.75) is 37.7 Å². The SMILES string of the molecule is C[C@](O)(CCC(=O)c1ccc2ncccc2n1)c1cc2c(c(-c3ccc(F)cc3)n1)OC[C@]2(C)C(N)=O. The number of fused-ring (bicyclic) bond motifs is 2. The largest absolute Gasteiger partial charge is 0.489 e. The van der Waals surface area contributed by atoms with Gasteiger partial charge in [0.15, 0.2) is 5.78 Å². The number of hydrogen-bond donors (Lipinski definition) is 2. The van der Waals surface area contributed by atoms with E-state index < -0.39 is 22.7 Å². The number of halogens is 1. The molecule has 0 saturated carbocycles. The first-order valence-corrected chi connectivity index (χ1v) is 11.8. The minimum atomic E-state index is -1.54. The summed E-state index contributed by atoms with van der Waals surface area (Å²) in [5.74, 6) is -0.878. The molecular weight excluding hydrogens is 475 g/mol. The van der Waals surface area contributed by atoms with E-state index in [9.17, 15) is 19.1 Å². The van der Waals surface area contributed by atoms with Crippen molar-refractivity contribution in [1.29, 1.82) is 0 Å². The normalized spacial score (nSPS) is 18.2. The molecule has 1 aromatic carbocycles. The summed E-state index contributed by atoms with van der Waals surface area (Å²) in [5, 5.41) is 11.4. The molecule has 4 heterocycles. The molecule has 0 aliphatic carbocycles. The van der Waals surface area contributed by atoms with Crippen LogP contribution in [0.4, 0.5) is 4.39 Å². The number of Topliss-reactive ketones (excluding diaryl/α,β-unsaturated/α-hetero) is 1. The number of rotatable bonds is 7. The zero-order valence-electron chi connectivity index (χ0n) is 20.4. The molecule has 37 heavy (non-hydrogen) atoms. The number of pyridine rings is 3. The molecular formula is C28H25FN4O4. The minimum Gasteiger partial charge on any atom is -0.489 e. The first-order chi connectivity index (χ1) is 17.6. The number of carbonyl (C=O) groups excluding carboxylic acids is 2. The third-order valence-corrected chi connectivity index (χ3v) is 6.87. The zero-order chi connectivity index (χ0) is 26.4. The number of nitrogens with zero attached hydrogens (tertiary/aromatic N) is 3.